The average Bonchev–Trinajstić information content (AvgIpc) is 2.88. The molecule has 1 N–H and O–H groups in total. The molecule has 0 saturated heterocycles. The van der Waals surface area contributed by atoms with Gasteiger partial charge in [-0.15, -0.1) is 0 Å². The summed E-state index contributed by atoms with van der Waals surface area (Å²) in [6.45, 7) is 5.45. The molecule has 2 rings (SSSR count). The van der Waals surface area contributed by atoms with Gasteiger partial charge in [-0.2, -0.15) is 0 Å². The van der Waals surface area contributed by atoms with E-state index in [1.54, 1.807) is 20.8 Å². The fraction of sp³-hybridized carbons (Fsp3) is 0.556. The summed E-state index contributed by atoms with van der Waals surface area (Å²) in [6, 6.07) is 2.36. The van der Waals surface area contributed by atoms with Crippen LogP contribution in [0.1, 0.15) is 36.7 Å². The fourth-order valence-corrected chi connectivity index (χ4v) is 2.80. The first kappa shape index (κ1) is 20.0. The predicted octanol–water partition coefficient (Wildman–Crippen LogP) is 2.46. The SMILES string of the molecule is COCC1(CNC(=O)OC(C)(C)C)Cc2cc(F)cc(C(=O)OC)c2O1. The number of hydrogen-bond acceptors (Lipinski definition) is 6. The van der Waals surface area contributed by atoms with Gasteiger partial charge in [0.15, 0.2) is 5.60 Å². The number of hydrogen-bond donors (Lipinski definition) is 1. The minimum atomic E-state index is -0.982. The van der Waals surface area contributed by atoms with Crippen LogP contribution in [-0.4, -0.2) is 50.6 Å². The third-order valence-corrected chi connectivity index (χ3v) is 3.73. The quantitative estimate of drug-likeness (QED) is 0.803. The number of carbonyl (C=O) groups is 2. The minimum Gasteiger partial charge on any atom is -0.481 e. The summed E-state index contributed by atoms with van der Waals surface area (Å²) in [5.41, 5.74) is -1.12. The van der Waals surface area contributed by atoms with Crippen molar-refractivity contribution in [3.8, 4) is 5.75 Å². The van der Waals surface area contributed by atoms with Gasteiger partial charge in [0.2, 0.25) is 0 Å². The highest BCUT2D eigenvalue weighted by atomic mass is 19.1. The van der Waals surface area contributed by atoms with Crippen LogP contribution in [0.3, 0.4) is 0 Å². The van der Waals surface area contributed by atoms with Crippen LogP contribution in [0.25, 0.3) is 0 Å². The first-order valence-corrected chi connectivity index (χ1v) is 8.15. The molecule has 1 atom stereocenters. The molecular weight excluding hydrogens is 345 g/mol. The second-order valence-electron chi connectivity index (χ2n) is 7.18. The molecule has 0 fully saturated rings. The number of nitrogens with one attached hydrogen (secondary N) is 1. The molecule has 26 heavy (non-hydrogen) atoms. The van der Waals surface area contributed by atoms with Crippen LogP contribution < -0.4 is 10.1 Å². The highest BCUT2D eigenvalue weighted by Crippen LogP contribution is 2.39. The summed E-state index contributed by atoms with van der Waals surface area (Å²) >= 11 is 0. The second-order valence-corrected chi connectivity index (χ2v) is 7.18. The summed E-state index contributed by atoms with van der Waals surface area (Å²) in [4.78, 5) is 23.9. The molecule has 1 unspecified atom stereocenters. The number of esters is 1. The maximum absolute atomic E-state index is 13.9. The van der Waals surface area contributed by atoms with Gasteiger partial charge in [-0.1, -0.05) is 0 Å². The van der Waals surface area contributed by atoms with E-state index >= 15 is 0 Å². The molecule has 1 aromatic carbocycles. The molecule has 144 valence electrons. The van der Waals surface area contributed by atoms with E-state index in [0.717, 1.165) is 6.07 Å². The number of carbonyl (C=O) groups excluding carboxylic acids is 2. The third kappa shape index (κ3) is 4.63. The Kier molecular flexibility index (Phi) is 5.75. The van der Waals surface area contributed by atoms with Crippen molar-refractivity contribution in [2.45, 2.75) is 38.4 Å². The van der Waals surface area contributed by atoms with Crippen molar-refractivity contribution < 1.29 is 32.9 Å². The van der Waals surface area contributed by atoms with Crippen molar-refractivity contribution in [2.75, 3.05) is 27.4 Å². The first-order valence-electron chi connectivity index (χ1n) is 8.15. The molecule has 0 spiro atoms. The molecule has 7 nitrogen and oxygen atoms in total. The molecule has 1 aromatic rings. The predicted molar refractivity (Wildman–Crippen MR) is 90.9 cm³/mol. The van der Waals surface area contributed by atoms with Crippen molar-refractivity contribution in [3.05, 3.63) is 29.1 Å². The van der Waals surface area contributed by atoms with Crippen LogP contribution in [-0.2, 0) is 20.6 Å². The van der Waals surface area contributed by atoms with Crippen LogP contribution in [0.2, 0.25) is 0 Å². The van der Waals surface area contributed by atoms with Gasteiger partial charge in [-0.25, -0.2) is 14.0 Å². The zero-order valence-electron chi connectivity index (χ0n) is 15.6. The Hall–Kier alpha value is -2.35. The van der Waals surface area contributed by atoms with E-state index in [2.05, 4.69) is 5.32 Å². The van der Waals surface area contributed by atoms with Crippen LogP contribution in [0.4, 0.5) is 9.18 Å². The fourth-order valence-electron chi connectivity index (χ4n) is 2.80. The molecule has 1 amide bonds. The van der Waals surface area contributed by atoms with Crippen LogP contribution >= 0.6 is 0 Å². The maximum Gasteiger partial charge on any atom is 0.407 e. The van der Waals surface area contributed by atoms with E-state index in [1.165, 1.54) is 20.3 Å². The second kappa shape index (κ2) is 7.49. The van der Waals surface area contributed by atoms with Crippen LogP contribution in [0.5, 0.6) is 5.75 Å². The Morgan fingerprint density at radius 3 is 2.58 bits per heavy atom. The molecular formula is C18H24FNO6. The van der Waals surface area contributed by atoms with E-state index in [9.17, 15) is 14.0 Å². The lowest BCUT2D eigenvalue weighted by atomic mass is 9.97. The standard InChI is InChI=1S/C18H24FNO6/c1-17(2,3)26-16(22)20-9-18(10-23-4)8-11-6-12(19)7-13(14(11)25-18)15(21)24-5/h6-7H,8-10H2,1-5H3,(H,20,22). The molecule has 1 aliphatic rings. The summed E-state index contributed by atoms with van der Waals surface area (Å²) in [5.74, 6) is -1.03. The molecule has 0 saturated carbocycles. The number of fused-ring (bicyclic) bond motifs is 1. The lowest BCUT2D eigenvalue weighted by molar-refractivity contribution is 0.000839. The number of rotatable bonds is 5. The van der Waals surface area contributed by atoms with Crippen LogP contribution in [0.15, 0.2) is 12.1 Å². The first-order chi connectivity index (χ1) is 12.1. The van der Waals surface area contributed by atoms with E-state index in [4.69, 9.17) is 18.9 Å². The van der Waals surface area contributed by atoms with E-state index in [-0.39, 0.29) is 30.9 Å². The largest absolute Gasteiger partial charge is 0.481 e. The van der Waals surface area contributed by atoms with Crippen molar-refractivity contribution in [1.82, 2.24) is 5.32 Å². The molecule has 0 bridgehead atoms. The molecule has 0 aromatic heterocycles. The van der Waals surface area contributed by atoms with Crippen molar-refractivity contribution in [1.29, 1.82) is 0 Å². The molecule has 1 aliphatic heterocycles. The zero-order chi connectivity index (χ0) is 19.5. The van der Waals surface area contributed by atoms with Gasteiger partial charge in [-0.05, 0) is 32.9 Å². The number of alkyl carbamates (subject to hydrolysis) is 1. The van der Waals surface area contributed by atoms with Gasteiger partial charge in [0.25, 0.3) is 0 Å². The highest BCUT2D eigenvalue weighted by molar-refractivity contribution is 5.93. The Morgan fingerprint density at radius 1 is 1.31 bits per heavy atom. The molecule has 1 heterocycles. The number of amides is 1. The Balaban J connectivity index is 2.22. The van der Waals surface area contributed by atoms with Gasteiger partial charge in [0, 0.05) is 19.1 Å². The number of benzene rings is 1. The normalized spacial score (nSPS) is 18.7. The minimum absolute atomic E-state index is 0.00209. The third-order valence-electron chi connectivity index (χ3n) is 3.73. The van der Waals surface area contributed by atoms with E-state index in [0.29, 0.717) is 5.56 Å². The van der Waals surface area contributed by atoms with Crippen molar-refractivity contribution in [3.63, 3.8) is 0 Å². The lowest BCUT2D eigenvalue weighted by Crippen LogP contribution is -2.50. The number of methoxy groups -OCH3 is 2. The van der Waals surface area contributed by atoms with E-state index in [1.807, 2.05) is 0 Å². The summed E-state index contributed by atoms with van der Waals surface area (Å²) in [5, 5.41) is 2.64. The molecule has 0 aliphatic carbocycles. The topological polar surface area (TPSA) is 83.1 Å². The molecule has 0 radical (unpaired) electrons. The van der Waals surface area contributed by atoms with Crippen LogP contribution in [0, 0.1) is 5.82 Å². The summed E-state index contributed by atoms with van der Waals surface area (Å²) < 4.78 is 35.0. The highest BCUT2D eigenvalue weighted by Gasteiger charge is 2.42. The monoisotopic (exact) mass is 369 g/mol. The van der Waals surface area contributed by atoms with Crippen molar-refractivity contribution in [2.24, 2.45) is 0 Å². The smallest absolute Gasteiger partial charge is 0.407 e. The summed E-state index contributed by atoms with van der Waals surface area (Å²) in [6.07, 6.45) is -0.347. The van der Waals surface area contributed by atoms with Gasteiger partial charge in [-0.3, -0.25) is 0 Å². The Morgan fingerprint density at radius 2 is 2.00 bits per heavy atom. The van der Waals surface area contributed by atoms with Gasteiger partial charge in [0.05, 0.1) is 20.3 Å². The van der Waals surface area contributed by atoms with Gasteiger partial charge < -0.3 is 24.3 Å². The maximum atomic E-state index is 13.9. The van der Waals surface area contributed by atoms with Gasteiger partial charge >= 0.3 is 12.1 Å². The van der Waals surface area contributed by atoms with Crippen molar-refractivity contribution >= 4 is 12.1 Å². The Labute approximate surface area is 151 Å². The Bertz CT molecular complexity index is 700. The number of halogens is 1. The zero-order valence-corrected chi connectivity index (χ0v) is 15.6. The van der Waals surface area contributed by atoms with Gasteiger partial charge in [0.1, 0.15) is 22.7 Å². The lowest BCUT2D eigenvalue weighted by Gasteiger charge is -2.29. The summed E-state index contributed by atoms with van der Waals surface area (Å²) in [7, 11) is 2.70. The molecule has 8 heteroatoms. The van der Waals surface area contributed by atoms with E-state index < -0.39 is 29.1 Å². The average molecular weight is 369 g/mol. The number of ether oxygens (including phenoxy) is 4.